The van der Waals surface area contributed by atoms with Crippen LogP contribution in [0.15, 0.2) is 18.2 Å². The van der Waals surface area contributed by atoms with Crippen LogP contribution in [0.1, 0.15) is 55.3 Å². The third kappa shape index (κ3) is 3.12. The number of nitrogens with one attached hydrogen (secondary N) is 1. The number of benzene rings is 1. The summed E-state index contributed by atoms with van der Waals surface area (Å²) in [6.45, 7) is 7.17. The van der Waals surface area contributed by atoms with Crippen LogP contribution in [-0.4, -0.2) is 17.3 Å². The minimum Gasteiger partial charge on any atom is -0.389 e. The Morgan fingerprint density at radius 3 is 2.56 bits per heavy atom. The summed E-state index contributed by atoms with van der Waals surface area (Å²) in [5, 5.41) is 13.8. The second-order valence-corrected chi connectivity index (χ2v) is 5.89. The fourth-order valence-electron chi connectivity index (χ4n) is 2.97. The predicted octanol–water partition coefficient (Wildman–Crippen LogP) is 3.26. The molecule has 0 aliphatic heterocycles. The summed E-state index contributed by atoms with van der Waals surface area (Å²) in [6.07, 6.45) is 4.21. The van der Waals surface area contributed by atoms with Crippen molar-refractivity contribution in [1.82, 2.24) is 5.32 Å². The Kier molecular flexibility index (Phi) is 4.08. The molecule has 1 fully saturated rings. The second kappa shape index (κ2) is 5.41. The monoisotopic (exact) mass is 247 g/mol. The van der Waals surface area contributed by atoms with Gasteiger partial charge in [0.25, 0.3) is 0 Å². The molecule has 1 unspecified atom stereocenters. The van der Waals surface area contributed by atoms with Crippen molar-refractivity contribution in [2.75, 3.05) is 6.54 Å². The van der Waals surface area contributed by atoms with E-state index in [2.05, 4.69) is 44.3 Å². The highest BCUT2D eigenvalue weighted by molar-refractivity contribution is 5.32. The third-order valence-corrected chi connectivity index (χ3v) is 4.16. The van der Waals surface area contributed by atoms with Gasteiger partial charge in [0.15, 0.2) is 0 Å². The first-order valence-electron chi connectivity index (χ1n) is 7.03. The van der Waals surface area contributed by atoms with Crippen LogP contribution in [0.5, 0.6) is 0 Å². The lowest BCUT2D eigenvalue weighted by atomic mass is 9.98. The zero-order chi connectivity index (χ0) is 13.2. The van der Waals surface area contributed by atoms with E-state index in [0.717, 1.165) is 25.7 Å². The van der Waals surface area contributed by atoms with Crippen molar-refractivity contribution in [3.63, 3.8) is 0 Å². The summed E-state index contributed by atoms with van der Waals surface area (Å²) < 4.78 is 0. The van der Waals surface area contributed by atoms with Crippen LogP contribution in [-0.2, 0) is 0 Å². The minimum atomic E-state index is -0.465. The molecule has 2 rings (SSSR count). The van der Waals surface area contributed by atoms with E-state index in [1.165, 1.54) is 16.7 Å². The van der Waals surface area contributed by atoms with E-state index in [9.17, 15) is 5.11 Å². The molecule has 18 heavy (non-hydrogen) atoms. The maximum absolute atomic E-state index is 10.3. The third-order valence-electron chi connectivity index (χ3n) is 4.16. The topological polar surface area (TPSA) is 32.3 Å². The first-order chi connectivity index (χ1) is 8.50. The molecule has 0 amide bonds. The summed E-state index contributed by atoms with van der Waals surface area (Å²) in [6, 6.07) is 6.87. The summed E-state index contributed by atoms with van der Waals surface area (Å²) in [7, 11) is 0. The SMILES string of the molecule is Cc1ccc(C(C)NCC2(O)CCCC2)c(C)c1. The molecule has 0 radical (unpaired) electrons. The van der Waals surface area contributed by atoms with Gasteiger partial charge in [0, 0.05) is 12.6 Å². The van der Waals surface area contributed by atoms with Gasteiger partial charge in [0.1, 0.15) is 0 Å². The van der Waals surface area contributed by atoms with Gasteiger partial charge in [-0.25, -0.2) is 0 Å². The Bertz CT molecular complexity index is 408. The quantitative estimate of drug-likeness (QED) is 0.856. The zero-order valence-electron chi connectivity index (χ0n) is 11.8. The highest BCUT2D eigenvalue weighted by atomic mass is 16.3. The molecule has 1 aromatic rings. The van der Waals surface area contributed by atoms with Crippen molar-refractivity contribution < 1.29 is 5.11 Å². The minimum absolute atomic E-state index is 0.301. The number of hydrogen-bond acceptors (Lipinski definition) is 2. The lowest BCUT2D eigenvalue weighted by Gasteiger charge is -2.26. The summed E-state index contributed by atoms with van der Waals surface area (Å²) >= 11 is 0. The molecule has 2 heteroatoms. The van der Waals surface area contributed by atoms with E-state index in [4.69, 9.17) is 0 Å². The average Bonchev–Trinajstić information content (AvgIpc) is 2.74. The molecule has 1 saturated carbocycles. The highest BCUT2D eigenvalue weighted by Gasteiger charge is 2.31. The number of rotatable bonds is 4. The molecule has 0 bridgehead atoms. The lowest BCUT2D eigenvalue weighted by Crippen LogP contribution is -2.39. The van der Waals surface area contributed by atoms with Gasteiger partial charge < -0.3 is 10.4 Å². The Morgan fingerprint density at radius 1 is 1.28 bits per heavy atom. The molecule has 0 saturated heterocycles. The van der Waals surface area contributed by atoms with Gasteiger partial charge >= 0.3 is 0 Å². The summed E-state index contributed by atoms with van der Waals surface area (Å²) in [5.41, 5.74) is 3.50. The summed E-state index contributed by atoms with van der Waals surface area (Å²) in [4.78, 5) is 0. The van der Waals surface area contributed by atoms with Gasteiger partial charge in [0.2, 0.25) is 0 Å². The predicted molar refractivity (Wildman–Crippen MR) is 75.8 cm³/mol. The maximum atomic E-state index is 10.3. The molecule has 2 nitrogen and oxygen atoms in total. The lowest BCUT2D eigenvalue weighted by molar-refractivity contribution is 0.0453. The number of aryl methyl sites for hydroxylation is 2. The van der Waals surface area contributed by atoms with Crippen molar-refractivity contribution >= 4 is 0 Å². The molecule has 1 aromatic carbocycles. The highest BCUT2D eigenvalue weighted by Crippen LogP contribution is 2.29. The van der Waals surface area contributed by atoms with Crippen LogP contribution in [0.2, 0.25) is 0 Å². The van der Waals surface area contributed by atoms with Crippen molar-refractivity contribution in [2.24, 2.45) is 0 Å². The number of hydrogen-bond donors (Lipinski definition) is 2. The average molecular weight is 247 g/mol. The molecule has 1 atom stereocenters. The fraction of sp³-hybridized carbons (Fsp3) is 0.625. The standard InChI is InChI=1S/C16H25NO/c1-12-6-7-15(13(2)10-12)14(3)17-11-16(18)8-4-5-9-16/h6-7,10,14,17-18H,4-5,8-9,11H2,1-3H3. The molecular weight excluding hydrogens is 222 g/mol. The van der Waals surface area contributed by atoms with Crippen molar-refractivity contribution in [3.8, 4) is 0 Å². The Labute approximate surface area is 110 Å². The van der Waals surface area contributed by atoms with Crippen molar-refractivity contribution in [1.29, 1.82) is 0 Å². The van der Waals surface area contributed by atoms with E-state index in [1.807, 2.05) is 0 Å². The first kappa shape index (κ1) is 13.6. The number of aliphatic hydroxyl groups is 1. The van der Waals surface area contributed by atoms with Crippen molar-refractivity contribution in [3.05, 3.63) is 34.9 Å². The molecule has 1 aliphatic carbocycles. The Balaban J connectivity index is 1.97. The van der Waals surface area contributed by atoms with Crippen molar-refractivity contribution in [2.45, 2.75) is 58.1 Å². The smallest absolute Gasteiger partial charge is 0.0771 e. The van der Waals surface area contributed by atoms with Gasteiger partial charge in [-0.15, -0.1) is 0 Å². The zero-order valence-corrected chi connectivity index (χ0v) is 11.8. The molecular formula is C16H25NO. The van der Waals surface area contributed by atoms with E-state index >= 15 is 0 Å². The molecule has 1 aliphatic rings. The van der Waals surface area contributed by atoms with Gasteiger partial charge in [-0.05, 0) is 44.7 Å². The second-order valence-electron chi connectivity index (χ2n) is 5.89. The van der Waals surface area contributed by atoms with Crippen LogP contribution >= 0.6 is 0 Å². The largest absolute Gasteiger partial charge is 0.389 e. The van der Waals surface area contributed by atoms with Crippen LogP contribution in [0.3, 0.4) is 0 Å². The van der Waals surface area contributed by atoms with Gasteiger partial charge in [-0.1, -0.05) is 36.6 Å². The molecule has 100 valence electrons. The van der Waals surface area contributed by atoms with E-state index in [0.29, 0.717) is 12.6 Å². The molecule has 0 spiro atoms. The van der Waals surface area contributed by atoms with Crippen LogP contribution < -0.4 is 5.32 Å². The van der Waals surface area contributed by atoms with Gasteiger partial charge in [0.05, 0.1) is 5.60 Å². The molecule has 2 N–H and O–H groups in total. The van der Waals surface area contributed by atoms with Gasteiger partial charge in [-0.3, -0.25) is 0 Å². The van der Waals surface area contributed by atoms with E-state index in [1.54, 1.807) is 0 Å². The van der Waals surface area contributed by atoms with Crippen LogP contribution in [0.4, 0.5) is 0 Å². The molecule has 0 heterocycles. The van der Waals surface area contributed by atoms with Crippen LogP contribution in [0, 0.1) is 13.8 Å². The van der Waals surface area contributed by atoms with E-state index < -0.39 is 5.60 Å². The molecule has 0 aromatic heterocycles. The Hall–Kier alpha value is -0.860. The van der Waals surface area contributed by atoms with Gasteiger partial charge in [-0.2, -0.15) is 0 Å². The van der Waals surface area contributed by atoms with Crippen LogP contribution in [0.25, 0.3) is 0 Å². The summed E-state index contributed by atoms with van der Waals surface area (Å²) in [5.74, 6) is 0. The Morgan fingerprint density at radius 2 is 1.94 bits per heavy atom. The van der Waals surface area contributed by atoms with E-state index in [-0.39, 0.29) is 0 Å². The fourth-order valence-corrected chi connectivity index (χ4v) is 2.97. The maximum Gasteiger partial charge on any atom is 0.0771 e. The first-order valence-corrected chi connectivity index (χ1v) is 7.03. The normalized spacial score (nSPS) is 20.0.